The van der Waals surface area contributed by atoms with Gasteiger partial charge in [-0.3, -0.25) is 10.4 Å². The average Bonchev–Trinajstić information content (AvgIpc) is 2.83. The second-order valence-electron chi connectivity index (χ2n) is 6.82. The second-order valence-corrected chi connectivity index (χ2v) is 6.82. The molecule has 0 aliphatic carbocycles. The lowest BCUT2D eigenvalue weighted by Gasteiger charge is -2.25. The highest BCUT2D eigenvalue weighted by atomic mass is 16.6. The van der Waals surface area contributed by atoms with E-state index in [-0.39, 0.29) is 12.0 Å². The van der Waals surface area contributed by atoms with E-state index in [1.54, 1.807) is 6.20 Å². The van der Waals surface area contributed by atoms with E-state index in [2.05, 4.69) is 20.8 Å². The number of aliphatic hydroxyl groups excluding tert-OH is 1. The number of hydrogen-bond acceptors (Lipinski definition) is 5. The molecule has 4 N–H and O–H groups in total. The Kier molecular flexibility index (Phi) is 6.37. The lowest BCUT2D eigenvalue weighted by molar-refractivity contribution is 0.0635. The van der Waals surface area contributed by atoms with E-state index in [1.807, 2.05) is 34.6 Å². The molecule has 0 saturated heterocycles. The Hall–Kier alpha value is -1.60. The summed E-state index contributed by atoms with van der Waals surface area (Å²) in [6.45, 7) is 10.8. The van der Waals surface area contributed by atoms with Gasteiger partial charge in [0.2, 0.25) is 0 Å². The minimum Gasteiger partial charge on any atom is -0.444 e. The number of aromatic nitrogens is 2. The highest BCUT2D eigenvalue weighted by molar-refractivity contribution is 5.84. The van der Waals surface area contributed by atoms with Gasteiger partial charge in [-0.05, 0) is 27.2 Å². The summed E-state index contributed by atoms with van der Waals surface area (Å²) < 4.78 is 5.21. The number of aliphatic hydroxyl groups is 1. The number of H-pyrrole nitrogens is 1. The van der Waals surface area contributed by atoms with Crippen LogP contribution in [0, 0.1) is 5.41 Å². The fourth-order valence-corrected chi connectivity index (χ4v) is 1.75. The molecule has 7 heteroatoms. The van der Waals surface area contributed by atoms with Crippen molar-refractivity contribution in [2.24, 2.45) is 5.41 Å². The molecule has 1 heterocycles. The summed E-state index contributed by atoms with van der Waals surface area (Å²) in [5.41, 5.74) is 0.136. The first-order valence-corrected chi connectivity index (χ1v) is 7.53. The number of rotatable bonds is 7. The van der Waals surface area contributed by atoms with Crippen LogP contribution in [0.4, 0.5) is 10.6 Å². The molecule has 0 fully saturated rings. The lowest BCUT2D eigenvalue weighted by Crippen LogP contribution is -2.34. The number of carbonyl (C=O) groups is 1. The van der Waals surface area contributed by atoms with Crippen LogP contribution in [0.15, 0.2) is 6.20 Å². The summed E-state index contributed by atoms with van der Waals surface area (Å²) in [6.07, 6.45) is 2.01. The van der Waals surface area contributed by atoms with Crippen LogP contribution in [-0.2, 0) is 11.3 Å². The van der Waals surface area contributed by atoms with Gasteiger partial charge in [-0.25, -0.2) is 4.79 Å². The SMILES string of the molecule is CCC(C)(CO)CNCc1cn[nH]c1NC(=O)OC(C)(C)C. The van der Waals surface area contributed by atoms with Crippen molar-refractivity contribution in [3.8, 4) is 0 Å². The van der Waals surface area contributed by atoms with Crippen LogP contribution in [0.25, 0.3) is 0 Å². The summed E-state index contributed by atoms with van der Waals surface area (Å²) >= 11 is 0. The molecule has 0 spiro atoms. The first-order valence-electron chi connectivity index (χ1n) is 7.53. The van der Waals surface area contributed by atoms with Gasteiger partial charge in [0.05, 0.1) is 6.20 Å². The van der Waals surface area contributed by atoms with Crippen LogP contribution in [0.3, 0.4) is 0 Å². The molecule has 0 aromatic carbocycles. The lowest BCUT2D eigenvalue weighted by atomic mass is 9.88. The molecule has 1 amide bonds. The van der Waals surface area contributed by atoms with Crippen molar-refractivity contribution in [1.29, 1.82) is 0 Å². The molecule has 1 atom stereocenters. The Labute approximate surface area is 131 Å². The zero-order valence-corrected chi connectivity index (χ0v) is 14.1. The number of anilines is 1. The summed E-state index contributed by atoms with van der Waals surface area (Å²) in [6, 6.07) is 0. The third-order valence-corrected chi connectivity index (χ3v) is 3.45. The van der Waals surface area contributed by atoms with Crippen molar-refractivity contribution in [3.05, 3.63) is 11.8 Å². The van der Waals surface area contributed by atoms with Crippen LogP contribution >= 0.6 is 0 Å². The largest absolute Gasteiger partial charge is 0.444 e. The van der Waals surface area contributed by atoms with Crippen LogP contribution in [-0.4, -0.2) is 40.1 Å². The van der Waals surface area contributed by atoms with Gasteiger partial charge in [-0.2, -0.15) is 5.10 Å². The molecule has 126 valence electrons. The summed E-state index contributed by atoms with van der Waals surface area (Å²) in [4.78, 5) is 11.8. The molecule has 0 radical (unpaired) electrons. The predicted molar refractivity (Wildman–Crippen MR) is 85.6 cm³/mol. The van der Waals surface area contributed by atoms with Crippen LogP contribution < -0.4 is 10.6 Å². The van der Waals surface area contributed by atoms with Crippen molar-refractivity contribution in [2.45, 2.75) is 53.2 Å². The van der Waals surface area contributed by atoms with Gasteiger partial charge in [-0.15, -0.1) is 0 Å². The maximum absolute atomic E-state index is 11.8. The number of amides is 1. The van der Waals surface area contributed by atoms with Gasteiger partial charge < -0.3 is 15.2 Å². The second kappa shape index (κ2) is 7.60. The Morgan fingerprint density at radius 1 is 1.41 bits per heavy atom. The molecule has 0 aliphatic heterocycles. The zero-order valence-electron chi connectivity index (χ0n) is 14.1. The number of aromatic amines is 1. The van der Waals surface area contributed by atoms with E-state index < -0.39 is 11.7 Å². The van der Waals surface area contributed by atoms with Crippen LogP contribution in [0.1, 0.15) is 46.6 Å². The smallest absolute Gasteiger partial charge is 0.413 e. The topological polar surface area (TPSA) is 99.3 Å². The van der Waals surface area contributed by atoms with Gasteiger partial charge in [0.1, 0.15) is 11.4 Å². The predicted octanol–water partition coefficient (Wildman–Crippen LogP) is 2.25. The van der Waals surface area contributed by atoms with Crippen molar-refractivity contribution < 1.29 is 14.6 Å². The van der Waals surface area contributed by atoms with Crippen LogP contribution in [0.2, 0.25) is 0 Å². The maximum atomic E-state index is 11.8. The Bertz CT molecular complexity index is 475. The van der Waals surface area contributed by atoms with E-state index in [0.29, 0.717) is 18.9 Å². The molecule has 1 aromatic heterocycles. The standard InChI is InChI=1S/C15H28N4O3/c1-6-15(5,10-20)9-16-7-11-8-17-19-12(11)18-13(21)22-14(2,3)4/h8,16,20H,6-7,9-10H2,1-5H3,(H2,17,18,19,21). The summed E-state index contributed by atoms with van der Waals surface area (Å²) in [5.74, 6) is 0.518. The summed E-state index contributed by atoms with van der Waals surface area (Å²) in [5, 5.41) is 22.0. The monoisotopic (exact) mass is 312 g/mol. The maximum Gasteiger partial charge on any atom is 0.413 e. The fraction of sp³-hybridized carbons (Fsp3) is 0.733. The Morgan fingerprint density at radius 2 is 2.09 bits per heavy atom. The molecule has 1 rings (SSSR count). The van der Waals surface area contributed by atoms with Crippen molar-refractivity contribution in [3.63, 3.8) is 0 Å². The van der Waals surface area contributed by atoms with Crippen LogP contribution in [0.5, 0.6) is 0 Å². The minimum absolute atomic E-state index is 0.130. The molecule has 0 saturated carbocycles. The third-order valence-electron chi connectivity index (χ3n) is 3.45. The van der Waals surface area contributed by atoms with E-state index in [9.17, 15) is 9.90 Å². The zero-order chi connectivity index (χ0) is 16.8. The van der Waals surface area contributed by atoms with E-state index >= 15 is 0 Å². The highest BCUT2D eigenvalue weighted by Crippen LogP contribution is 2.19. The number of hydrogen-bond donors (Lipinski definition) is 4. The minimum atomic E-state index is -0.549. The van der Waals surface area contributed by atoms with E-state index in [0.717, 1.165) is 12.0 Å². The molecule has 0 aliphatic rings. The molecule has 0 bridgehead atoms. The number of nitrogens with one attached hydrogen (secondary N) is 3. The quantitative estimate of drug-likeness (QED) is 0.619. The normalized spacial score (nSPS) is 14.5. The number of carbonyl (C=O) groups excluding carboxylic acids is 1. The highest BCUT2D eigenvalue weighted by Gasteiger charge is 2.21. The third kappa shape index (κ3) is 6.03. The molecule has 7 nitrogen and oxygen atoms in total. The Morgan fingerprint density at radius 3 is 2.64 bits per heavy atom. The number of nitrogens with zero attached hydrogens (tertiary/aromatic N) is 1. The fourth-order valence-electron chi connectivity index (χ4n) is 1.75. The van der Waals surface area contributed by atoms with Gasteiger partial charge in [0.15, 0.2) is 0 Å². The van der Waals surface area contributed by atoms with Crippen molar-refractivity contribution in [1.82, 2.24) is 15.5 Å². The summed E-state index contributed by atoms with van der Waals surface area (Å²) in [7, 11) is 0. The Balaban J connectivity index is 2.54. The van der Waals surface area contributed by atoms with Gasteiger partial charge in [0, 0.05) is 30.7 Å². The molecule has 1 aromatic rings. The van der Waals surface area contributed by atoms with Crippen molar-refractivity contribution >= 4 is 11.9 Å². The molecule has 22 heavy (non-hydrogen) atoms. The van der Waals surface area contributed by atoms with Gasteiger partial charge in [-0.1, -0.05) is 13.8 Å². The van der Waals surface area contributed by atoms with E-state index in [4.69, 9.17) is 4.74 Å². The first-order chi connectivity index (χ1) is 10.2. The van der Waals surface area contributed by atoms with Gasteiger partial charge >= 0.3 is 6.09 Å². The average molecular weight is 312 g/mol. The molecular weight excluding hydrogens is 284 g/mol. The van der Waals surface area contributed by atoms with Crippen molar-refractivity contribution in [2.75, 3.05) is 18.5 Å². The molecular formula is C15H28N4O3. The van der Waals surface area contributed by atoms with E-state index in [1.165, 1.54) is 0 Å². The first kappa shape index (κ1) is 18.4. The number of ether oxygens (including phenoxy) is 1. The van der Waals surface area contributed by atoms with Gasteiger partial charge in [0.25, 0.3) is 0 Å². The molecule has 1 unspecified atom stereocenters.